The molecule has 4 nitrogen and oxygen atoms in total. The van der Waals surface area contributed by atoms with E-state index in [0.717, 1.165) is 66.8 Å². The number of nitrogens with one attached hydrogen (secondary N) is 1. The van der Waals surface area contributed by atoms with Crippen LogP contribution in [0.1, 0.15) is 38.3 Å². The maximum atomic E-state index is 6.16. The number of para-hydroxylation sites is 1. The SMILES string of the molecule is CCOc1cccc(CNCCCN(CC)CC)c1OCc1ccc(Cl)cc1. The van der Waals surface area contributed by atoms with E-state index in [2.05, 4.69) is 30.1 Å². The van der Waals surface area contributed by atoms with Gasteiger partial charge in [0.1, 0.15) is 6.61 Å². The Morgan fingerprint density at radius 3 is 2.39 bits per heavy atom. The topological polar surface area (TPSA) is 33.7 Å². The molecule has 5 heteroatoms. The average molecular weight is 405 g/mol. The Hall–Kier alpha value is -1.75. The van der Waals surface area contributed by atoms with Gasteiger partial charge in [0.15, 0.2) is 11.5 Å². The van der Waals surface area contributed by atoms with Gasteiger partial charge >= 0.3 is 0 Å². The molecule has 1 N–H and O–H groups in total. The molecule has 0 fully saturated rings. The maximum Gasteiger partial charge on any atom is 0.166 e. The molecule has 0 bridgehead atoms. The highest BCUT2D eigenvalue weighted by atomic mass is 35.5. The van der Waals surface area contributed by atoms with Crippen molar-refractivity contribution in [1.82, 2.24) is 10.2 Å². The predicted octanol–water partition coefficient (Wildman–Crippen LogP) is 5.14. The zero-order chi connectivity index (χ0) is 20.2. The van der Waals surface area contributed by atoms with Crippen molar-refractivity contribution in [2.75, 3.05) is 32.8 Å². The Morgan fingerprint density at radius 2 is 1.71 bits per heavy atom. The second kappa shape index (κ2) is 12.7. The fourth-order valence-electron chi connectivity index (χ4n) is 3.06. The third-order valence-corrected chi connectivity index (χ3v) is 4.95. The first-order valence-corrected chi connectivity index (χ1v) is 10.6. The summed E-state index contributed by atoms with van der Waals surface area (Å²) in [5.74, 6) is 1.61. The van der Waals surface area contributed by atoms with Crippen molar-refractivity contribution in [3.05, 3.63) is 58.6 Å². The molecule has 154 valence electrons. The summed E-state index contributed by atoms with van der Waals surface area (Å²) in [6, 6.07) is 13.8. The highest BCUT2D eigenvalue weighted by Gasteiger charge is 2.11. The minimum Gasteiger partial charge on any atom is -0.490 e. The van der Waals surface area contributed by atoms with Crippen LogP contribution in [-0.4, -0.2) is 37.7 Å². The Balaban J connectivity index is 1.96. The van der Waals surface area contributed by atoms with Gasteiger partial charge in [-0.3, -0.25) is 0 Å². The molecule has 0 saturated carbocycles. The lowest BCUT2D eigenvalue weighted by Crippen LogP contribution is -2.27. The molecule has 0 aliphatic carbocycles. The van der Waals surface area contributed by atoms with Crippen LogP contribution in [0.5, 0.6) is 11.5 Å². The van der Waals surface area contributed by atoms with Crippen LogP contribution in [0.15, 0.2) is 42.5 Å². The molecule has 2 aromatic carbocycles. The number of ether oxygens (including phenoxy) is 2. The first kappa shape index (κ1) is 22.5. The normalized spacial score (nSPS) is 11.0. The van der Waals surface area contributed by atoms with Crippen LogP contribution >= 0.6 is 11.6 Å². The third kappa shape index (κ3) is 7.34. The van der Waals surface area contributed by atoms with Crippen LogP contribution in [0.3, 0.4) is 0 Å². The lowest BCUT2D eigenvalue weighted by Gasteiger charge is -2.18. The van der Waals surface area contributed by atoms with E-state index in [0.29, 0.717) is 13.2 Å². The van der Waals surface area contributed by atoms with Crippen LogP contribution in [0, 0.1) is 0 Å². The van der Waals surface area contributed by atoms with E-state index in [-0.39, 0.29) is 0 Å². The van der Waals surface area contributed by atoms with Crippen molar-refractivity contribution >= 4 is 11.6 Å². The number of hydrogen-bond acceptors (Lipinski definition) is 4. The molecular weight excluding hydrogens is 372 g/mol. The minimum absolute atomic E-state index is 0.482. The fourth-order valence-corrected chi connectivity index (χ4v) is 3.19. The summed E-state index contributed by atoms with van der Waals surface area (Å²) in [5, 5.41) is 4.27. The van der Waals surface area contributed by atoms with E-state index in [1.807, 2.05) is 43.3 Å². The number of rotatable bonds is 13. The fraction of sp³-hybridized carbons (Fsp3) is 0.478. The summed E-state index contributed by atoms with van der Waals surface area (Å²) in [4.78, 5) is 2.44. The molecule has 2 rings (SSSR count). The summed E-state index contributed by atoms with van der Waals surface area (Å²) < 4.78 is 12.0. The largest absolute Gasteiger partial charge is 0.490 e. The van der Waals surface area contributed by atoms with Crippen molar-refractivity contribution in [1.29, 1.82) is 0 Å². The van der Waals surface area contributed by atoms with Gasteiger partial charge in [-0.25, -0.2) is 0 Å². The van der Waals surface area contributed by atoms with Gasteiger partial charge in [-0.05, 0) is 63.3 Å². The number of hydrogen-bond donors (Lipinski definition) is 1. The second-order valence-corrected chi connectivity index (χ2v) is 7.09. The Labute approximate surface area is 174 Å². The molecule has 0 radical (unpaired) electrons. The predicted molar refractivity (Wildman–Crippen MR) is 118 cm³/mol. The van der Waals surface area contributed by atoms with E-state index < -0.39 is 0 Å². The van der Waals surface area contributed by atoms with Gasteiger partial charge in [-0.15, -0.1) is 0 Å². The van der Waals surface area contributed by atoms with Gasteiger partial charge in [0.25, 0.3) is 0 Å². The van der Waals surface area contributed by atoms with Crippen molar-refractivity contribution < 1.29 is 9.47 Å². The van der Waals surface area contributed by atoms with Crippen LogP contribution in [-0.2, 0) is 13.2 Å². The lowest BCUT2D eigenvalue weighted by atomic mass is 10.1. The Kier molecular flexibility index (Phi) is 10.2. The monoisotopic (exact) mass is 404 g/mol. The third-order valence-electron chi connectivity index (χ3n) is 4.69. The van der Waals surface area contributed by atoms with Crippen LogP contribution in [0.4, 0.5) is 0 Å². The number of nitrogens with zero attached hydrogens (tertiary/aromatic N) is 1. The summed E-state index contributed by atoms with van der Waals surface area (Å²) in [7, 11) is 0. The van der Waals surface area contributed by atoms with Gasteiger partial charge in [0, 0.05) is 17.1 Å². The summed E-state index contributed by atoms with van der Waals surface area (Å²) in [5.41, 5.74) is 2.19. The Morgan fingerprint density at radius 1 is 0.964 bits per heavy atom. The molecule has 0 aliphatic heterocycles. The molecule has 28 heavy (non-hydrogen) atoms. The molecule has 0 atom stereocenters. The molecule has 0 unspecified atom stereocenters. The van der Waals surface area contributed by atoms with Gasteiger partial charge in [0.2, 0.25) is 0 Å². The van der Waals surface area contributed by atoms with Gasteiger partial charge in [-0.1, -0.05) is 49.7 Å². The highest BCUT2D eigenvalue weighted by molar-refractivity contribution is 6.30. The molecule has 0 saturated heterocycles. The number of halogens is 1. The van der Waals surface area contributed by atoms with Crippen molar-refractivity contribution in [3.8, 4) is 11.5 Å². The smallest absolute Gasteiger partial charge is 0.166 e. The summed E-state index contributed by atoms with van der Waals surface area (Å²) >= 11 is 5.97. The summed E-state index contributed by atoms with van der Waals surface area (Å²) in [6.45, 7) is 12.6. The maximum absolute atomic E-state index is 6.16. The molecule has 0 heterocycles. The molecule has 0 aromatic heterocycles. The van der Waals surface area contributed by atoms with Crippen molar-refractivity contribution in [2.24, 2.45) is 0 Å². The molecule has 0 spiro atoms. The molecule has 2 aromatic rings. The van der Waals surface area contributed by atoms with Crippen molar-refractivity contribution in [2.45, 2.75) is 40.3 Å². The van der Waals surface area contributed by atoms with Crippen LogP contribution in [0.2, 0.25) is 5.02 Å². The van der Waals surface area contributed by atoms with Crippen molar-refractivity contribution in [3.63, 3.8) is 0 Å². The van der Waals surface area contributed by atoms with E-state index in [1.165, 1.54) is 0 Å². The van der Waals surface area contributed by atoms with Gasteiger partial charge in [0.05, 0.1) is 6.61 Å². The standard InChI is InChI=1S/C23H33ClN2O2/c1-4-26(5-2)16-8-15-25-17-20-9-7-10-22(27-6-3)23(20)28-18-19-11-13-21(24)14-12-19/h7,9-14,25H,4-6,8,15-18H2,1-3H3. The van der Waals surface area contributed by atoms with E-state index in [4.69, 9.17) is 21.1 Å². The zero-order valence-corrected chi connectivity index (χ0v) is 18.1. The van der Waals surface area contributed by atoms with E-state index in [9.17, 15) is 0 Å². The first-order valence-electron chi connectivity index (χ1n) is 10.2. The molecule has 0 aliphatic rings. The second-order valence-electron chi connectivity index (χ2n) is 6.65. The van der Waals surface area contributed by atoms with E-state index in [1.54, 1.807) is 0 Å². The quantitative estimate of drug-likeness (QED) is 0.469. The molecule has 0 amide bonds. The summed E-state index contributed by atoms with van der Waals surface area (Å²) in [6.07, 6.45) is 1.13. The van der Waals surface area contributed by atoms with Gasteiger partial charge < -0.3 is 19.7 Å². The average Bonchev–Trinajstić information content (AvgIpc) is 2.71. The van der Waals surface area contributed by atoms with Crippen LogP contribution in [0.25, 0.3) is 0 Å². The van der Waals surface area contributed by atoms with E-state index >= 15 is 0 Å². The first-order chi connectivity index (χ1) is 13.7. The number of benzene rings is 2. The van der Waals surface area contributed by atoms with Gasteiger partial charge in [-0.2, -0.15) is 0 Å². The molecular formula is C23H33ClN2O2. The minimum atomic E-state index is 0.482. The Bertz CT molecular complexity index is 688. The zero-order valence-electron chi connectivity index (χ0n) is 17.3. The van der Waals surface area contributed by atoms with Crippen LogP contribution < -0.4 is 14.8 Å². The highest BCUT2D eigenvalue weighted by Crippen LogP contribution is 2.32. The lowest BCUT2D eigenvalue weighted by molar-refractivity contribution is 0.266.